The number of hydrogen-bond acceptors (Lipinski definition) is 5. The molecule has 4 nitrogen and oxygen atoms in total. The van der Waals surface area contributed by atoms with Gasteiger partial charge in [0, 0.05) is 24.2 Å². The van der Waals surface area contributed by atoms with Gasteiger partial charge >= 0.3 is 0 Å². The van der Waals surface area contributed by atoms with Gasteiger partial charge in [-0.3, -0.25) is 4.98 Å². The molecule has 0 aliphatic rings. The Labute approximate surface area is 89.7 Å². The lowest BCUT2D eigenvalue weighted by Gasteiger charge is -1.90. The summed E-state index contributed by atoms with van der Waals surface area (Å²) in [6.07, 6.45) is 8.57. The zero-order chi connectivity index (χ0) is 10.1. The molecule has 72 valence electrons. The van der Waals surface area contributed by atoms with Crippen molar-refractivity contribution in [1.29, 1.82) is 0 Å². The molecule has 0 N–H and O–H groups in total. The molecule has 0 atom stereocenters. The van der Waals surface area contributed by atoms with Gasteiger partial charge in [0.1, 0.15) is 16.9 Å². The van der Waals surface area contributed by atoms with Crippen LogP contribution in [0.4, 0.5) is 0 Å². The number of rotatable bonds is 1. The van der Waals surface area contributed by atoms with Crippen molar-refractivity contribution in [2.75, 3.05) is 0 Å². The lowest BCUT2D eigenvalue weighted by atomic mass is 10.4. The van der Waals surface area contributed by atoms with E-state index >= 15 is 0 Å². The number of fused-ring (bicyclic) bond motifs is 1. The highest BCUT2D eigenvalue weighted by Crippen LogP contribution is 2.28. The number of hydrogen-bond donors (Lipinski definition) is 0. The van der Waals surface area contributed by atoms with E-state index in [1.807, 2.05) is 6.07 Å². The molecule has 0 saturated heterocycles. The highest BCUT2D eigenvalue weighted by Gasteiger charge is 2.05. The highest BCUT2D eigenvalue weighted by molar-refractivity contribution is 7.21. The molecule has 0 aliphatic carbocycles. The van der Waals surface area contributed by atoms with E-state index in [9.17, 15) is 0 Å². The first-order chi connectivity index (χ1) is 7.43. The van der Waals surface area contributed by atoms with Gasteiger partial charge in [-0.05, 0) is 6.07 Å². The van der Waals surface area contributed by atoms with Crippen molar-refractivity contribution in [3.05, 3.63) is 37.2 Å². The van der Waals surface area contributed by atoms with Crippen molar-refractivity contribution in [2.45, 2.75) is 0 Å². The Morgan fingerprint density at radius 1 is 1.00 bits per heavy atom. The van der Waals surface area contributed by atoms with E-state index in [1.165, 1.54) is 6.33 Å². The number of aromatic nitrogens is 4. The standard InChI is InChI=1S/C10H6N4S/c1-2-11-5-8-9(1)15-10(14-8)7-3-12-6-13-4-7/h1-6H. The molecule has 3 aromatic rings. The van der Waals surface area contributed by atoms with Crippen molar-refractivity contribution in [2.24, 2.45) is 0 Å². The summed E-state index contributed by atoms with van der Waals surface area (Å²) in [6.45, 7) is 0. The molecule has 0 unspecified atom stereocenters. The predicted molar refractivity (Wildman–Crippen MR) is 58.4 cm³/mol. The van der Waals surface area contributed by atoms with E-state index in [-0.39, 0.29) is 0 Å². The first kappa shape index (κ1) is 8.43. The third kappa shape index (κ3) is 1.46. The first-order valence-corrected chi connectivity index (χ1v) is 5.21. The molecule has 3 rings (SSSR count). The van der Waals surface area contributed by atoms with Gasteiger partial charge in [0.2, 0.25) is 0 Å². The van der Waals surface area contributed by atoms with E-state index in [1.54, 1.807) is 36.1 Å². The van der Waals surface area contributed by atoms with Gasteiger partial charge in [0.25, 0.3) is 0 Å². The summed E-state index contributed by atoms with van der Waals surface area (Å²) in [5, 5.41) is 0.929. The average molecular weight is 214 g/mol. The molecular formula is C10H6N4S. The molecule has 0 spiro atoms. The zero-order valence-electron chi connectivity index (χ0n) is 7.66. The number of nitrogens with zero attached hydrogens (tertiary/aromatic N) is 4. The van der Waals surface area contributed by atoms with Crippen molar-refractivity contribution in [3.8, 4) is 10.6 Å². The van der Waals surface area contributed by atoms with Crippen LogP contribution in [-0.2, 0) is 0 Å². The van der Waals surface area contributed by atoms with Crippen molar-refractivity contribution in [1.82, 2.24) is 19.9 Å². The first-order valence-electron chi connectivity index (χ1n) is 4.39. The Hall–Kier alpha value is -1.88. The van der Waals surface area contributed by atoms with Crippen LogP contribution in [0.1, 0.15) is 0 Å². The fraction of sp³-hybridized carbons (Fsp3) is 0. The fourth-order valence-corrected chi connectivity index (χ4v) is 2.22. The molecule has 15 heavy (non-hydrogen) atoms. The van der Waals surface area contributed by atoms with Gasteiger partial charge in [-0.15, -0.1) is 11.3 Å². The lowest BCUT2D eigenvalue weighted by molar-refractivity contribution is 1.17. The minimum absolute atomic E-state index is 0.918. The van der Waals surface area contributed by atoms with E-state index in [0.29, 0.717) is 0 Å². The van der Waals surface area contributed by atoms with Crippen LogP contribution in [0, 0.1) is 0 Å². The van der Waals surface area contributed by atoms with Crippen molar-refractivity contribution < 1.29 is 0 Å². The number of thiazole rings is 1. The van der Waals surface area contributed by atoms with E-state index in [2.05, 4.69) is 19.9 Å². The summed E-state index contributed by atoms with van der Waals surface area (Å²) in [4.78, 5) is 16.4. The van der Waals surface area contributed by atoms with Gasteiger partial charge < -0.3 is 0 Å². The van der Waals surface area contributed by atoms with E-state index in [4.69, 9.17) is 0 Å². The molecule has 0 aliphatic heterocycles. The molecule has 0 saturated carbocycles. The summed E-state index contributed by atoms with van der Waals surface area (Å²) in [5.74, 6) is 0. The van der Waals surface area contributed by atoms with Crippen LogP contribution in [0.15, 0.2) is 37.2 Å². The maximum absolute atomic E-state index is 4.46. The lowest BCUT2D eigenvalue weighted by Crippen LogP contribution is -1.80. The van der Waals surface area contributed by atoms with E-state index in [0.717, 1.165) is 20.8 Å². The van der Waals surface area contributed by atoms with Crippen LogP contribution in [0.5, 0.6) is 0 Å². The summed E-state index contributed by atoms with van der Waals surface area (Å²) in [5.41, 5.74) is 1.86. The minimum Gasteiger partial charge on any atom is -0.262 e. The van der Waals surface area contributed by atoms with Crippen LogP contribution in [0.3, 0.4) is 0 Å². The van der Waals surface area contributed by atoms with Gasteiger partial charge in [0.05, 0.1) is 10.9 Å². The molecule has 5 heteroatoms. The summed E-state index contributed by atoms with van der Waals surface area (Å²) in [6, 6.07) is 1.96. The maximum Gasteiger partial charge on any atom is 0.127 e. The van der Waals surface area contributed by atoms with Gasteiger partial charge in [-0.25, -0.2) is 15.0 Å². The highest BCUT2D eigenvalue weighted by atomic mass is 32.1. The summed E-state index contributed by atoms with van der Waals surface area (Å²) in [7, 11) is 0. The van der Waals surface area contributed by atoms with Crippen LogP contribution >= 0.6 is 11.3 Å². The summed E-state index contributed by atoms with van der Waals surface area (Å²) < 4.78 is 1.13. The molecule has 0 radical (unpaired) electrons. The van der Waals surface area contributed by atoms with Crippen LogP contribution < -0.4 is 0 Å². The van der Waals surface area contributed by atoms with Crippen LogP contribution in [-0.4, -0.2) is 19.9 Å². The molecule has 0 amide bonds. The Morgan fingerprint density at radius 2 is 1.87 bits per heavy atom. The zero-order valence-corrected chi connectivity index (χ0v) is 8.48. The van der Waals surface area contributed by atoms with E-state index < -0.39 is 0 Å². The number of pyridine rings is 1. The Balaban J connectivity index is 2.21. The van der Waals surface area contributed by atoms with Crippen LogP contribution in [0.2, 0.25) is 0 Å². The second-order valence-electron chi connectivity index (χ2n) is 2.99. The Bertz CT molecular complexity index is 557. The van der Waals surface area contributed by atoms with Crippen LogP contribution in [0.25, 0.3) is 20.8 Å². The van der Waals surface area contributed by atoms with Gasteiger partial charge in [-0.1, -0.05) is 0 Å². The predicted octanol–water partition coefficient (Wildman–Crippen LogP) is 2.15. The van der Waals surface area contributed by atoms with Gasteiger partial charge in [0.15, 0.2) is 0 Å². The molecule has 0 aromatic carbocycles. The van der Waals surface area contributed by atoms with Crippen molar-refractivity contribution in [3.63, 3.8) is 0 Å². The normalized spacial score (nSPS) is 10.7. The monoisotopic (exact) mass is 214 g/mol. The van der Waals surface area contributed by atoms with Gasteiger partial charge in [-0.2, -0.15) is 0 Å². The maximum atomic E-state index is 4.46. The average Bonchev–Trinajstić information content (AvgIpc) is 2.74. The topological polar surface area (TPSA) is 51.6 Å². The second-order valence-corrected chi connectivity index (χ2v) is 4.02. The quantitative estimate of drug-likeness (QED) is 0.622. The molecule has 0 fully saturated rings. The third-order valence-corrected chi connectivity index (χ3v) is 3.08. The molecule has 3 heterocycles. The Kier molecular flexibility index (Phi) is 1.89. The largest absolute Gasteiger partial charge is 0.262 e. The SMILES string of the molecule is c1cc2sc(-c3cncnc3)nc2cn1. The second kappa shape index (κ2) is 3.36. The summed E-state index contributed by atoms with van der Waals surface area (Å²) >= 11 is 1.62. The molecule has 0 bridgehead atoms. The molecule has 3 aromatic heterocycles. The van der Waals surface area contributed by atoms with Crippen molar-refractivity contribution >= 4 is 21.6 Å². The smallest absolute Gasteiger partial charge is 0.127 e. The minimum atomic E-state index is 0.918. The third-order valence-electron chi connectivity index (χ3n) is 2.00. The Morgan fingerprint density at radius 3 is 2.67 bits per heavy atom. The fourth-order valence-electron chi connectivity index (χ4n) is 1.31. The molecular weight excluding hydrogens is 208 g/mol.